The molecule has 2 heteroatoms. The summed E-state index contributed by atoms with van der Waals surface area (Å²) >= 11 is 0. The van der Waals surface area contributed by atoms with Gasteiger partial charge in [0.25, 0.3) is 0 Å². The molecule has 4 rings (SSSR count). The van der Waals surface area contributed by atoms with Crippen LogP contribution < -0.4 is 0 Å². The van der Waals surface area contributed by atoms with Crippen molar-refractivity contribution >= 4 is 21.5 Å². The second-order valence-electron chi connectivity index (χ2n) is 5.69. The first-order valence-electron chi connectivity index (χ1n) is 7.61. The molecule has 0 radical (unpaired) electrons. The van der Waals surface area contributed by atoms with Gasteiger partial charge >= 0.3 is 0 Å². The summed E-state index contributed by atoms with van der Waals surface area (Å²) in [6, 6.07) is 19.7. The van der Waals surface area contributed by atoms with Crippen LogP contribution in [0.1, 0.15) is 5.56 Å². The highest BCUT2D eigenvalue weighted by Crippen LogP contribution is 2.29. The Morgan fingerprint density at radius 2 is 1.38 bits per heavy atom. The van der Waals surface area contributed by atoms with Crippen LogP contribution >= 0.6 is 0 Å². The van der Waals surface area contributed by atoms with Gasteiger partial charge in [-0.3, -0.25) is 4.90 Å². The average molecular weight is 277 g/mol. The predicted molar refractivity (Wildman–Crippen MR) is 87.6 cm³/mol. The van der Waals surface area contributed by atoms with Gasteiger partial charge in [-0.1, -0.05) is 48.5 Å². The molecule has 1 aliphatic rings. The van der Waals surface area contributed by atoms with Crippen molar-refractivity contribution in [1.82, 2.24) is 4.90 Å². The van der Waals surface area contributed by atoms with Gasteiger partial charge in [0.15, 0.2) is 0 Å². The highest BCUT2D eigenvalue weighted by atomic mass is 16.5. The molecule has 3 aromatic carbocycles. The van der Waals surface area contributed by atoms with Crippen molar-refractivity contribution in [2.75, 3.05) is 26.3 Å². The Balaban J connectivity index is 1.89. The summed E-state index contributed by atoms with van der Waals surface area (Å²) in [5.74, 6) is 0. The lowest BCUT2D eigenvalue weighted by Gasteiger charge is -2.27. The Labute approximate surface area is 124 Å². The Morgan fingerprint density at radius 3 is 2.00 bits per heavy atom. The van der Waals surface area contributed by atoms with E-state index in [-0.39, 0.29) is 0 Å². The van der Waals surface area contributed by atoms with E-state index in [9.17, 15) is 0 Å². The molecule has 3 aromatic rings. The first kappa shape index (κ1) is 12.8. The number of hydrogen-bond donors (Lipinski definition) is 0. The monoisotopic (exact) mass is 277 g/mol. The number of rotatable bonds is 2. The third-order valence-corrected chi connectivity index (χ3v) is 4.37. The predicted octanol–water partition coefficient (Wildman–Crippen LogP) is 3.83. The third kappa shape index (κ3) is 2.41. The molecule has 0 bridgehead atoms. The molecule has 1 saturated heterocycles. The molecule has 0 aromatic heterocycles. The minimum Gasteiger partial charge on any atom is -0.379 e. The number of hydrogen-bond acceptors (Lipinski definition) is 2. The topological polar surface area (TPSA) is 12.5 Å². The fourth-order valence-corrected chi connectivity index (χ4v) is 3.26. The summed E-state index contributed by atoms with van der Waals surface area (Å²) in [5.41, 5.74) is 1.45. The van der Waals surface area contributed by atoms with Gasteiger partial charge in [0.05, 0.1) is 13.2 Å². The summed E-state index contributed by atoms with van der Waals surface area (Å²) < 4.78 is 5.47. The van der Waals surface area contributed by atoms with Crippen LogP contribution in [0.2, 0.25) is 0 Å². The van der Waals surface area contributed by atoms with E-state index in [1.807, 2.05) is 0 Å². The van der Waals surface area contributed by atoms with Crippen LogP contribution in [0.25, 0.3) is 21.5 Å². The first-order valence-corrected chi connectivity index (χ1v) is 7.61. The fraction of sp³-hybridized carbons (Fsp3) is 0.263. The standard InChI is InChI=1S/C19H19NO/c1-3-7-17-15(5-1)13-16-6-2-4-8-18(16)19(17)14-20-9-11-21-12-10-20/h1-8,13H,9-12,14H2. The molecule has 0 N–H and O–H groups in total. The SMILES string of the molecule is c1ccc2c(CN3CCOCC3)c3ccccc3cc2c1. The van der Waals surface area contributed by atoms with Crippen molar-refractivity contribution in [2.45, 2.75) is 6.54 Å². The highest BCUT2D eigenvalue weighted by Gasteiger charge is 2.14. The Kier molecular flexibility index (Phi) is 3.34. The average Bonchev–Trinajstić information content (AvgIpc) is 2.55. The normalized spacial score (nSPS) is 16.6. The maximum absolute atomic E-state index is 5.47. The summed E-state index contributed by atoms with van der Waals surface area (Å²) in [5, 5.41) is 5.42. The zero-order chi connectivity index (χ0) is 14.1. The van der Waals surface area contributed by atoms with Crippen molar-refractivity contribution < 1.29 is 4.74 Å². The van der Waals surface area contributed by atoms with Gasteiger partial charge in [0, 0.05) is 19.6 Å². The molecule has 0 unspecified atom stereocenters. The number of ether oxygens (including phenoxy) is 1. The van der Waals surface area contributed by atoms with Crippen molar-refractivity contribution in [3.63, 3.8) is 0 Å². The molecule has 2 nitrogen and oxygen atoms in total. The second kappa shape index (κ2) is 5.47. The van der Waals surface area contributed by atoms with E-state index in [1.54, 1.807) is 0 Å². The van der Waals surface area contributed by atoms with Gasteiger partial charge in [-0.25, -0.2) is 0 Å². The molecule has 0 saturated carbocycles. The molecule has 0 atom stereocenters. The van der Waals surface area contributed by atoms with Crippen LogP contribution in [0.15, 0.2) is 54.6 Å². The molecule has 1 aliphatic heterocycles. The van der Waals surface area contributed by atoms with Gasteiger partial charge in [0.2, 0.25) is 0 Å². The minimum absolute atomic E-state index is 0.850. The zero-order valence-electron chi connectivity index (χ0n) is 12.1. The summed E-state index contributed by atoms with van der Waals surface area (Å²) in [6.07, 6.45) is 0. The Bertz CT molecular complexity index is 721. The van der Waals surface area contributed by atoms with Gasteiger partial charge in [-0.05, 0) is 33.2 Å². The van der Waals surface area contributed by atoms with Crippen LogP contribution in [0.5, 0.6) is 0 Å². The van der Waals surface area contributed by atoms with Crippen LogP contribution in [0, 0.1) is 0 Å². The highest BCUT2D eigenvalue weighted by molar-refractivity contribution is 6.02. The molecular weight excluding hydrogens is 258 g/mol. The van der Waals surface area contributed by atoms with Gasteiger partial charge < -0.3 is 4.74 Å². The molecule has 1 heterocycles. The van der Waals surface area contributed by atoms with E-state index in [0.717, 1.165) is 32.8 Å². The lowest BCUT2D eigenvalue weighted by Crippen LogP contribution is -2.35. The van der Waals surface area contributed by atoms with E-state index in [4.69, 9.17) is 4.74 Å². The van der Waals surface area contributed by atoms with Crippen LogP contribution in [-0.4, -0.2) is 31.2 Å². The quantitative estimate of drug-likeness (QED) is 0.660. The van der Waals surface area contributed by atoms with E-state index < -0.39 is 0 Å². The largest absolute Gasteiger partial charge is 0.379 e. The Hall–Kier alpha value is -1.90. The number of fused-ring (bicyclic) bond motifs is 2. The van der Waals surface area contributed by atoms with E-state index >= 15 is 0 Å². The molecule has 0 amide bonds. The summed E-state index contributed by atoms with van der Waals surface area (Å²) in [7, 11) is 0. The zero-order valence-corrected chi connectivity index (χ0v) is 12.1. The number of morpholine rings is 1. The van der Waals surface area contributed by atoms with Crippen molar-refractivity contribution in [1.29, 1.82) is 0 Å². The number of nitrogens with zero attached hydrogens (tertiary/aromatic N) is 1. The van der Waals surface area contributed by atoms with Crippen molar-refractivity contribution in [2.24, 2.45) is 0 Å². The van der Waals surface area contributed by atoms with E-state index in [2.05, 4.69) is 59.5 Å². The molecular formula is C19H19NO. The summed E-state index contributed by atoms with van der Waals surface area (Å²) in [4.78, 5) is 2.50. The maximum atomic E-state index is 5.47. The molecule has 1 fully saturated rings. The van der Waals surface area contributed by atoms with E-state index in [0.29, 0.717) is 0 Å². The molecule has 0 spiro atoms. The smallest absolute Gasteiger partial charge is 0.0594 e. The van der Waals surface area contributed by atoms with Crippen LogP contribution in [-0.2, 0) is 11.3 Å². The van der Waals surface area contributed by atoms with Gasteiger partial charge in [-0.15, -0.1) is 0 Å². The van der Waals surface area contributed by atoms with Gasteiger partial charge in [-0.2, -0.15) is 0 Å². The lowest BCUT2D eigenvalue weighted by atomic mass is 9.96. The lowest BCUT2D eigenvalue weighted by molar-refractivity contribution is 0.0345. The first-order chi connectivity index (χ1) is 10.4. The van der Waals surface area contributed by atoms with Crippen molar-refractivity contribution in [3.05, 3.63) is 60.2 Å². The van der Waals surface area contributed by atoms with Crippen molar-refractivity contribution in [3.8, 4) is 0 Å². The third-order valence-electron chi connectivity index (χ3n) is 4.37. The van der Waals surface area contributed by atoms with Crippen LogP contribution in [0.3, 0.4) is 0 Å². The van der Waals surface area contributed by atoms with Crippen LogP contribution in [0.4, 0.5) is 0 Å². The van der Waals surface area contributed by atoms with E-state index in [1.165, 1.54) is 27.1 Å². The molecule has 0 aliphatic carbocycles. The number of benzene rings is 3. The molecule has 21 heavy (non-hydrogen) atoms. The second-order valence-corrected chi connectivity index (χ2v) is 5.69. The minimum atomic E-state index is 0.850. The fourth-order valence-electron chi connectivity index (χ4n) is 3.26. The maximum Gasteiger partial charge on any atom is 0.0594 e. The summed E-state index contributed by atoms with van der Waals surface area (Å²) in [6.45, 7) is 4.76. The van der Waals surface area contributed by atoms with Gasteiger partial charge in [0.1, 0.15) is 0 Å². The Morgan fingerprint density at radius 1 is 0.810 bits per heavy atom. The molecule has 106 valence electrons.